The highest BCUT2D eigenvalue weighted by Crippen LogP contribution is 2.41. The third-order valence-electron chi connectivity index (χ3n) is 10.5. The molecule has 5 heteroatoms. The fourth-order valence-electron chi connectivity index (χ4n) is 7.80. The maximum Gasteiger partial charge on any atom is 0.227 e. The van der Waals surface area contributed by atoms with Gasteiger partial charge in [0.25, 0.3) is 0 Å². The minimum Gasteiger partial charge on any atom is -0.436 e. The van der Waals surface area contributed by atoms with E-state index in [0.29, 0.717) is 11.8 Å². The van der Waals surface area contributed by atoms with Crippen molar-refractivity contribution in [2.75, 3.05) is 4.90 Å². The van der Waals surface area contributed by atoms with Crippen LogP contribution < -0.4 is 4.90 Å². The first-order chi connectivity index (χ1) is 27.2. The van der Waals surface area contributed by atoms with Crippen molar-refractivity contribution in [1.29, 1.82) is 0 Å². The van der Waals surface area contributed by atoms with Crippen LogP contribution in [0.4, 0.5) is 17.1 Å². The van der Waals surface area contributed by atoms with Gasteiger partial charge in [-0.3, -0.25) is 0 Å². The van der Waals surface area contributed by atoms with Crippen molar-refractivity contribution >= 4 is 71.6 Å². The SMILES string of the molecule is c1ccc2c(-c3ccc4cc(N(c5ccc(-c6nc7ccccc7o6)cc5)c5ccc(-c6nc7ccccc7o6)cc5)ccc4c3)c3ccccc3cc2c1. The van der Waals surface area contributed by atoms with E-state index in [0.717, 1.165) is 55.8 Å². The molecule has 0 radical (unpaired) electrons. The number of fused-ring (bicyclic) bond motifs is 5. The Morgan fingerprint density at radius 1 is 0.345 bits per heavy atom. The number of hydrogen-bond donors (Lipinski definition) is 0. The molecule has 0 saturated heterocycles. The van der Waals surface area contributed by atoms with Gasteiger partial charge in [0.2, 0.25) is 11.8 Å². The lowest BCUT2D eigenvalue weighted by molar-refractivity contribution is 0.619. The summed E-state index contributed by atoms with van der Waals surface area (Å²) < 4.78 is 12.2. The van der Waals surface area contributed by atoms with Gasteiger partial charge in [-0.2, -0.15) is 0 Å². The van der Waals surface area contributed by atoms with E-state index in [1.807, 2.05) is 48.5 Å². The molecule has 0 aliphatic rings. The molecule has 0 N–H and O–H groups in total. The minimum absolute atomic E-state index is 0.600. The third-order valence-corrected chi connectivity index (χ3v) is 10.5. The predicted molar refractivity (Wildman–Crippen MR) is 225 cm³/mol. The van der Waals surface area contributed by atoms with Crippen LogP contribution in [0.5, 0.6) is 0 Å². The summed E-state index contributed by atoms with van der Waals surface area (Å²) in [6, 6.07) is 65.6. The molecule has 0 fully saturated rings. The summed E-state index contributed by atoms with van der Waals surface area (Å²) >= 11 is 0. The number of benzene rings is 9. The number of anilines is 3. The molecule has 2 aromatic heterocycles. The Morgan fingerprint density at radius 3 is 1.36 bits per heavy atom. The largest absolute Gasteiger partial charge is 0.436 e. The summed E-state index contributed by atoms with van der Waals surface area (Å²) in [4.78, 5) is 11.7. The molecule has 0 amide bonds. The molecule has 11 rings (SSSR count). The van der Waals surface area contributed by atoms with Crippen molar-refractivity contribution in [2.45, 2.75) is 0 Å². The lowest BCUT2D eigenvalue weighted by Crippen LogP contribution is -2.09. The van der Waals surface area contributed by atoms with Crippen molar-refractivity contribution in [2.24, 2.45) is 0 Å². The first kappa shape index (κ1) is 31.1. The van der Waals surface area contributed by atoms with Gasteiger partial charge in [0.15, 0.2) is 11.2 Å². The maximum atomic E-state index is 6.10. The highest BCUT2D eigenvalue weighted by Gasteiger charge is 2.17. The molecule has 258 valence electrons. The summed E-state index contributed by atoms with van der Waals surface area (Å²) in [5, 5.41) is 7.33. The van der Waals surface area contributed by atoms with Gasteiger partial charge < -0.3 is 13.7 Å². The van der Waals surface area contributed by atoms with E-state index in [1.165, 1.54) is 38.1 Å². The molecule has 0 atom stereocenters. The highest BCUT2D eigenvalue weighted by atomic mass is 16.4. The van der Waals surface area contributed by atoms with E-state index in [2.05, 4.69) is 144 Å². The molecule has 0 spiro atoms. The fraction of sp³-hybridized carbons (Fsp3) is 0. The summed E-state index contributed by atoms with van der Waals surface area (Å²) in [5.74, 6) is 1.20. The van der Waals surface area contributed by atoms with Crippen molar-refractivity contribution < 1.29 is 8.83 Å². The van der Waals surface area contributed by atoms with Crippen LogP contribution in [-0.4, -0.2) is 9.97 Å². The Labute approximate surface area is 316 Å². The number of nitrogens with zero attached hydrogens (tertiary/aromatic N) is 3. The van der Waals surface area contributed by atoms with Gasteiger partial charge in [0.05, 0.1) is 0 Å². The zero-order valence-electron chi connectivity index (χ0n) is 29.6. The van der Waals surface area contributed by atoms with Gasteiger partial charge >= 0.3 is 0 Å². The molecule has 55 heavy (non-hydrogen) atoms. The van der Waals surface area contributed by atoms with Crippen LogP contribution in [-0.2, 0) is 0 Å². The van der Waals surface area contributed by atoms with Gasteiger partial charge in [-0.1, -0.05) is 91.0 Å². The van der Waals surface area contributed by atoms with Gasteiger partial charge in [-0.15, -0.1) is 0 Å². The van der Waals surface area contributed by atoms with Crippen LogP contribution >= 0.6 is 0 Å². The highest BCUT2D eigenvalue weighted by molar-refractivity contribution is 6.13. The summed E-state index contributed by atoms with van der Waals surface area (Å²) in [7, 11) is 0. The van der Waals surface area contributed by atoms with Crippen LogP contribution in [0.3, 0.4) is 0 Å². The Hall–Kier alpha value is -7.50. The van der Waals surface area contributed by atoms with Crippen LogP contribution in [0, 0.1) is 0 Å². The molecule has 0 aliphatic heterocycles. The normalized spacial score (nSPS) is 11.6. The van der Waals surface area contributed by atoms with E-state index in [-0.39, 0.29) is 0 Å². The van der Waals surface area contributed by atoms with Gasteiger partial charge in [-0.05, 0) is 141 Å². The van der Waals surface area contributed by atoms with Crippen LogP contribution in [0.2, 0.25) is 0 Å². The van der Waals surface area contributed by atoms with E-state index in [1.54, 1.807) is 0 Å². The second-order valence-corrected chi connectivity index (χ2v) is 13.8. The standard InChI is InChI=1S/C50H31N3O2/c1-3-11-42-36(9-1)30-37-10-2-4-12-43(37)48(42)38-18-17-35-31-41(28-23-34(35)29-38)53(39-24-19-32(20-25-39)49-51-44-13-5-7-15-46(44)54-49)40-26-21-33(22-27-40)50-52-45-14-6-8-16-47(45)55-50/h1-31H. The molecule has 0 aliphatic carbocycles. The number of rotatable bonds is 6. The van der Waals surface area contributed by atoms with E-state index in [9.17, 15) is 0 Å². The Bertz CT molecular complexity index is 2980. The second kappa shape index (κ2) is 12.6. The van der Waals surface area contributed by atoms with Crippen molar-refractivity contribution in [1.82, 2.24) is 9.97 Å². The van der Waals surface area contributed by atoms with Crippen LogP contribution in [0.25, 0.3) is 88.6 Å². The average Bonchev–Trinajstić information content (AvgIpc) is 3.89. The topological polar surface area (TPSA) is 55.3 Å². The third kappa shape index (κ3) is 5.41. The molecule has 9 aromatic carbocycles. The fourth-order valence-corrected chi connectivity index (χ4v) is 7.80. The smallest absolute Gasteiger partial charge is 0.227 e. The second-order valence-electron chi connectivity index (χ2n) is 13.8. The van der Waals surface area contributed by atoms with Crippen molar-refractivity contribution in [3.63, 3.8) is 0 Å². The molecule has 0 saturated carbocycles. The summed E-state index contributed by atoms with van der Waals surface area (Å²) in [6.45, 7) is 0. The predicted octanol–water partition coefficient (Wildman–Crippen LogP) is 13.9. The van der Waals surface area contributed by atoms with E-state index in [4.69, 9.17) is 18.8 Å². The monoisotopic (exact) mass is 705 g/mol. The molecule has 5 nitrogen and oxygen atoms in total. The van der Waals surface area contributed by atoms with Gasteiger partial charge in [0.1, 0.15) is 11.0 Å². The summed E-state index contributed by atoms with van der Waals surface area (Å²) in [5.41, 5.74) is 10.6. The Kier molecular flexibility index (Phi) is 7.10. The first-order valence-corrected chi connectivity index (χ1v) is 18.4. The number of aromatic nitrogens is 2. The minimum atomic E-state index is 0.600. The van der Waals surface area contributed by atoms with Gasteiger partial charge in [-0.25, -0.2) is 9.97 Å². The molecule has 11 aromatic rings. The molecular formula is C50H31N3O2. The van der Waals surface area contributed by atoms with Crippen molar-refractivity contribution in [3.8, 4) is 34.0 Å². The van der Waals surface area contributed by atoms with E-state index >= 15 is 0 Å². The average molecular weight is 706 g/mol. The van der Waals surface area contributed by atoms with E-state index < -0.39 is 0 Å². The Morgan fingerprint density at radius 2 is 0.800 bits per heavy atom. The summed E-state index contributed by atoms with van der Waals surface area (Å²) in [6.07, 6.45) is 0. The zero-order chi connectivity index (χ0) is 36.3. The zero-order valence-corrected chi connectivity index (χ0v) is 29.6. The number of oxazole rings is 2. The number of hydrogen-bond acceptors (Lipinski definition) is 5. The lowest BCUT2D eigenvalue weighted by Gasteiger charge is -2.26. The Balaban J connectivity index is 1.01. The number of para-hydroxylation sites is 4. The molecular weight excluding hydrogens is 675 g/mol. The molecule has 0 unspecified atom stereocenters. The van der Waals surface area contributed by atoms with Crippen molar-refractivity contribution in [3.05, 3.63) is 188 Å². The lowest BCUT2D eigenvalue weighted by atomic mass is 9.91. The first-order valence-electron chi connectivity index (χ1n) is 18.4. The molecule has 0 bridgehead atoms. The molecule has 2 heterocycles. The quantitative estimate of drug-likeness (QED) is 0.161. The maximum absolute atomic E-state index is 6.10. The van der Waals surface area contributed by atoms with Gasteiger partial charge in [0, 0.05) is 28.2 Å². The van der Waals surface area contributed by atoms with Crippen LogP contribution in [0.15, 0.2) is 197 Å². The van der Waals surface area contributed by atoms with Crippen LogP contribution in [0.1, 0.15) is 0 Å².